The van der Waals surface area contributed by atoms with Crippen LogP contribution < -0.4 is 4.74 Å². The summed E-state index contributed by atoms with van der Waals surface area (Å²) in [5.74, 6) is 0. The van der Waals surface area contributed by atoms with Crippen molar-refractivity contribution in [3.8, 4) is 17.3 Å². The molecule has 0 bridgehead atoms. The molecule has 2 aromatic heterocycles. The van der Waals surface area contributed by atoms with Crippen LogP contribution in [-0.2, 0) is 15.9 Å². The lowest BCUT2D eigenvalue weighted by molar-refractivity contribution is 0.0273. The molecule has 3 unspecified atom stereocenters. The van der Waals surface area contributed by atoms with Gasteiger partial charge in [-0.15, -0.1) is 0 Å². The number of aliphatic hydroxyl groups is 1. The minimum atomic E-state index is -0.176. The van der Waals surface area contributed by atoms with Crippen LogP contribution in [0.15, 0.2) is 30.3 Å². The molecule has 7 nitrogen and oxygen atoms in total. The molecule has 2 fully saturated rings. The van der Waals surface area contributed by atoms with Crippen molar-refractivity contribution in [1.29, 1.82) is 0 Å². The molecule has 5 rings (SSSR count). The molecular weight excluding hydrogens is 394 g/mol. The highest BCUT2D eigenvalue weighted by Crippen LogP contribution is 2.32. The molecule has 152 valence electrons. The SMILES string of the molecule is OCCCc1ccc(-c2nc3nc(OC4COC5CCOC54)[nH]c3cc2Cl)cc1. The van der Waals surface area contributed by atoms with E-state index in [1.807, 2.05) is 30.3 Å². The number of nitrogens with zero attached hydrogens (tertiary/aromatic N) is 2. The number of hydrogen-bond donors (Lipinski definition) is 2. The first kappa shape index (κ1) is 18.8. The average molecular weight is 416 g/mol. The average Bonchev–Trinajstić information content (AvgIpc) is 3.43. The number of imidazole rings is 1. The molecule has 0 saturated carbocycles. The minimum Gasteiger partial charge on any atom is -0.456 e. The second kappa shape index (κ2) is 7.91. The number of nitrogens with one attached hydrogen (secondary N) is 1. The van der Waals surface area contributed by atoms with Crippen LogP contribution in [-0.4, -0.2) is 58.2 Å². The summed E-state index contributed by atoms with van der Waals surface area (Å²) in [5.41, 5.74) is 4.03. The third-order valence-electron chi connectivity index (χ3n) is 5.44. The number of halogens is 1. The standard InChI is InChI=1S/C21H22ClN3O4/c22-14-10-15-20(24-18(14)13-5-3-12(4-6-13)2-1-8-26)25-21(23-15)29-17-11-28-16-7-9-27-19(16)17/h3-6,10,16-17,19,26H,1-2,7-9,11H2,(H,23,24,25). The number of hydrogen-bond acceptors (Lipinski definition) is 6. The molecular formula is C21H22ClN3O4. The summed E-state index contributed by atoms with van der Waals surface area (Å²) in [7, 11) is 0. The molecule has 2 aliphatic rings. The summed E-state index contributed by atoms with van der Waals surface area (Å²) in [5, 5.41) is 9.51. The highest BCUT2D eigenvalue weighted by atomic mass is 35.5. The number of aryl methyl sites for hydroxylation is 1. The van der Waals surface area contributed by atoms with Crippen LogP contribution in [0.2, 0.25) is 5.02 Å². The van der Waals surface area contributed by atoms with Crippen molar-refractivity contribution in [2.45, 2.75) is 37.6 Å². The van der Waals surface area contributed by atoms with E-state index in [-0.39, 0.29) is 24.9 Å². The highest BCUT2D eigenvalue weighted by molar-refractivity contribution is 6.33. The highest BCUT2D eigenvalue weighted by Gasteiger charge is 2.43. The maximum atomic E-state index is 8.97. The van der Waals surface area contributed by atoms with E-state index in [4.69, 9.17) is 30.9 Å². The van der Waals surface area contributed by atoms with Gasteiger partial charge in [-0.1, -0.05) is 35.9 Å². The Morgan fingerprint density at radius 2 is 2.07 bits per heavy atom. The number of fused-ring (bicyclic) bond motifs is 2. The van der Waals surface area contributed by atoms with Gasteiger partial charge < -0.3 is 24.3 Å². The zero-order valence-electron chi connectivity index (χ0n) is 15.8. The molecule has 4 heterocycles. The molecule has 0 amide bonds. The fourth-order valence-electron chi connectivity index (χ4n) is 3.94. The lowest BCUT2D eigenvalue weighted by atomic mass is 10.1. The summed E-state index contributed by atoms with van der Waals surface area (Å²) < 4.78 is 17.4. The van der Waals surface area contributed by atoms with E-state index in [0.717, 1.165) is 30.3 Å². The van der Waals surface area contributed by atoms with Gasteiger partial charge in [0.2, 0.25) is 0 Å². The Labute approximate surface area is 173 Å². The van der Waals surface area contributed by atoms with Gasteiger partial charge >= 0.3 is 0 Å². The van der Waals surface area contributed by atoms with Crippen LogP contribution in [0.25, 0.3) is 22.4 Å². The number of rotatable bonds is 6. The number of ether oxygens (including phenoxy) is 3. The normalized spacial score (nSPS) is 23.6. The van der Waals surface area contributed by atoms with Gasteiger partial charge in [-0.3, -0.25) is 0 Å². The van der Waals surface area contributed by atoms with Crippen molar-refractivity contribution >= 4 is 22.8 Å². The first-order valence-corrected chi connectivity index (χ1v) is 10.3. The van der Waals surface area contributed by atoms with E-state index in [1.54, 1.807) is 0 Å². The maximum absolute atomic E-state index is 8.97. The molecule has 0 aliphatic carbocycles. The van der Waals surface area contributed by atoms with Crippen molar-refractivity contribution in [2.75, 3.05) is 19.8 Å². The largest absolute Gasteiger partial charge is 0.456 e. The lowest BCUT2D eigenvalue weighted by Gasteiger charge is -2.15. The van der Waals surface area contributed by atoms with E-state index >= 15 is 0 Å². The van der Waals surface area contributed by atoms with Crippen molar-refractivity contribution in [2.24, 2.45) is 0 Å². The first-order valence-electron chi connectivity index (χ1n) is 9.87. The van der Waals surface area contributed by atoms with Crippen molar-refractivity contribution in [1.82, 2.24) is 15.0 Å². The Morgan fingerprint density at radius 3 is 2.90 bits per heavy atom. The fourth-order valence-corrected chi connectivity index (χ4v) is 4.20. The Balaban J connectivity index is 1.38. The number of aliphatic hydroxyl groups excluding tert-OH is 1. The van der Waals surface area contributed by atoms with Gasteiger partial charge in [-0.05, 0) is 30.9 Å². The minimum absolute atomic E-state index is 0.0420. The van der Waals surface area contributed by atoms with Crippen molar-refractivity contribution < 1.29 is 19.3 Å². The Morgan fingerprint density at radius 1 is 1.21 bits per heavy atom. The number of H-pyrrole nitrogens is 1. The molecule has 8 heteroatoms. The number of aromatic amines is 1. The van der Waals surface area contributed by atoms with Crippen LogP contribution in [0.5, 0.6) is 6.01 Å². The van der Waals surface area contributed by atoms with E-state index in [1.165, 1.54) is 5.56 Å². The summed E-state index contributed by atoms with van der Waals surface area (Å²) in [6, 6.07) is 10.3. The number of pyridine rings is 1. The van der Waals surface area contributed by atoms with Gasteiger partial charge in [0, 0.05) is 18.8 Å². The smallest absolute Gasteiger partial charge is 0.296 e. The van der Waals surface area contributed by atoms with Crippen LogP contribution in [0.4, 0.5) is 0 Å². The van der Waals surface area contributed by atoms with Gasteiger partial charge in [0.15, 0.2) is 11.8 Å². The topological polar surface area (TPSA) is 89.5 Å². The van der Waals surface area contributed by atoms with Gasteiger partial charge in [0.05, 0.1) is 28.9 Å². The zero-order valence-corrected chi connectivity index (χ0v) is 16.6. The van der Waals surface area contributed by atoms with Gasteiger partial charge in [-0.2, -0.15) is 4.98 Å². The summed E-state index contributed by atoms with van der Waals surface area (Å²) in [6.07, 6.45) is 2.39. The molecule has 2 saturated heterocycles. The van der Waals surface area contributed by atoms with Crippen LogP contribution in [0.3, 0.4) is 0 Å². The fraction of sp³-hybridized carbons (Fsp3) is 0.429. The van der Waals surface area contributed by atoms with Gasteiger partial charge in [0.25, 0.3) is 6.01 Å². The Kier molecular flexibility index (Phi) is 5.13. The van der Waals surface area contributed by atoms with Gasteiger partial charge in [0.1, 0.15) is 6.10 Å². The Bertz CT molecular complexity index is 1010. The quantitative estimate of drug-likeness (QED) is 0.643. The van der Waals surface area contributed by atoms with E-state index in [0.29, 0.717) is 35.6 Å². The second-order valence-electron chi connectivity index (χ2n) is 7.41. The lowest BCUT2D eigenvalue weighted by Crippen LogP contribution is -2.32. The molecule has 3 atom stereocenters. The van der Waals surface area contributed by atoms with Crippen molar-refractivity contribution in [3.05, 3.63) is 40.9 Å². The third-order valence-corrected chi connectivity index (χ3v) is 5.73. The molecule has 2 N–H and O–H groups in total. The van der Waals surface area contributed by atoms with E-state index < -0.39 is 0 Å². The van der Waals surface area contributed by atoms with E-state index in [9.17, 15) is 0 Å². The Hall–Kier alpha value is -2.19. The maximum Gasteiger partial charge on any atom is 0.296 e. The first-order chi connectivity index (χ1) is 14.2. The van der Waals surface area contributed by atoms with Gasteiger partial charge in [-0.25, -0.2) is 4.98 Å². The predicted octanol–water partition coefficient (Wildman–Crippen LogP) is 3.14. The summed E-state index contributed by atoms with van der Waals surface area (Å²) in [4.78, 5) is 12.3. The molecule has 1 aromatic carbocycles. The third kappa shape index (κ3) is 3.71. The van der Waals surface area contributed by atoms with Crippen LogP contribution >= 0.6 is 11.6 Å². The van der Waals surface area contributed by atoms with Crippen LogP contribution in [0.1, 0.15) is 18.4 Å². The van der Waals surface area contributed by atoms with Crippen molar-refractivity contribution in [3.63, 3.8) is 0 Å². The molecule has 3 aromatic rings. The zero-order chi connectivity index (χ0) is 19.8. The monoisotopic (exact) mass is 415 g/mol. The molecule has 0 radical (unpaired) electrons. The summed E-state index contributed by atoms with van der Waals surface area (Å²) >= 11 is 6.49. The van der Waals surface area contributed by atoms with E-state index in [2.05, 4.69) is 15.0 Å². The van der Waals surface area contributed by atoms with Crippen LogP contribution in [0, 0.1) is 0 Å². The molecule has 29 heavy (non-hydrogen) atoms. The predicted molar refractivity (Wildman–Crippen MR) is 108 cm³/mol. The summed E-state index contributed by atoms with van der Waals surface area (Å²) in [6.45, 7) is 1.39. The number of benzene rings is 1. The molecule has 0 spiro atoms. The molecule has 2 aliphatic heterocycles. The number of aromatic nitrogens is 3. The second-order valence-corrected chi connectivity index (χ2v) is 7.82.